The molecule has 0 saturated carbocycles. The Morgan fingerprint density at radius 1 is 1.14 bits per heavy atom. The first-order chi connectivity index (χ1) is 10.2. The quantitative estimate of drug-likeness (QED) is 0.789. The normalized spacial score (nSPS) is 12.3. The molecule has 21 heavy (non-hydrogen) atoms. The molecule has 0 aliphatic carbocycles. The van der Waals surface area contributed by atoms with E-state index < -0.39 is 6.10 Å². The Morgan fingerprint density at radius 3 is 2.67 bits per heavy atom. The van der Waals surface area contributed by atoms with Crippen molar-refractivity contribution in [2.75, 3.05) is 0 Å². The molecule has 0 aliphatic rings. The third kappa shape index (κ3) is 3.20. The van der Waals surface area contributed by atoms with Crippen LogP contribution in [0.2, 0.25) is 0 Å². The highest BCUT2D eigenvalue weighted by molar-refractivity contribution is 9.10. The lowest BCUT2D eigenvalue weighted by Crippen LogP contribution is -2.09. The summed E-state index contributed by atoms with van der Waals surface area (Å²) in [6.45, 7) is 0.450. The molecule has 1 aromatic carbocycles. The maximum absolute atomic E-state index is 10.4. The fourth-order valence-electron chi connectivity index (χ4n) is 2.19. The molecule has 0 amide bonds. The SMILES string of the molecule is OC(Cn1ccnc1-c1cccnc1)c1ccc(Br)cc1. The third-order valence-electron chi connectivity index (χ3n) is 3.26. The lowest BCUT2D eigenvalue weighted by Gasteiger charge is -2.14. The zero-order valence-corrected chi connectivity index (χ0v) is 12.8. The second-order valence-electron chi connectivity index (χ2n) is 4.71. The number of nitrogens with zero attached hydrogens (tertiary/aromatic N) is 3. The maximum atomic E-state index is 10.4. The molecule has 1 unspecified atom stereocenters. The minimum Gasteiger partial charge on any atom is -0.387 e. The van der Waals surface area contributed by atoms with E-state index in [-0.39, 0.29) is 0 Å². The van der Waals surface area contributed by atoms with E-state index in [4.69, 9.17) is 0 Å². The Hall–Kier alpha value is -1.98. The van der Waals surface area contributed by atoms with Crippen LogP contribution >= 0.6 is 15.9 Å². The smallest absolute Gasteiger partial charge is 0.141 e. The molecule has 0 fully saturated rings. The van der Waals surface area contributed by atoms with Gasteiger partial charge < -0.3 is 9.67 Å². The van der Waals surface area contributed by atoms with Gasteiger partial charge in [0, 0.05) is 34.8 Å². The molecule has 5 heteroatoms. The summed E-state index contributed by atoms with van der Waals surface area (Å²) in [5.41, 5.74) is 1.81. The molecule has 0 saturated heterocycles. The summed E-state index contributed by atoms with van der Waals surface area (Å²) in [7, 11) is 0. The van der Waals surface area contributed by atoms with Gasteiger partial charge in [0.15, 0.2) is 0 Å². The van der Waals surface area contributed by atoms with Crippen LogP contribution in [0.15, 0.2) is 65.7 Å². The maximum Gasteiger partial charge on any atom is 0.141 e. The molecular formula is C16H14BrN3O. The average molecular weight is 344 g/mol. The highest BCUT2D eigenvalue weighted by Gasteiger charge is 2.12. The van der Waals surface area contributed by atoms with Crippen LogP contribution in [0.4, 0.5) is 0 Å². The molecule has 0 radical (unpaired) electrons. The highest BCUT2D eigenvalue weighted by Crippen LogP contribution is 2.22. The van der Waals surface area contributed by atoms with E-state index in [0.29, 0.717) is 6.54 Å². The van der Waals surface area contributed by atoms with E-state index in [0.717, 1.165) is 21.4 Å². The number of rotatable bonds is 4. The minimum atomic E-state index is -0.581. The third-order valence-corrected chi connectivity index (χ3v) is 3.79. The number of aliphatic hydroxyl groups excluding tert-OH is 1. The molecule has 4 nitrogen and oxygen atoms in total. The standard InChI is InChI=1S/C16H14BrN3O/c17-14-5-3-12(4-6-14)15(21)11-20-9-8-19-16(20)13-2-1-7-18-10-13/h1-10,15,21H,11H2. The van der Waals surface area contributed by atoms with Gasteiger partial charge in [-0.2, -0.15) is 0 Å². The molecule has 2 aromatic heterocycles. The monoisotopic (exact) mass is 343 g/mol. The second kappa shape index (κ2) is 6.20. The van der Waals surface area contributed by atoms with E-state index in [1.165, 1.54) is 0 Å². The summed E-state index contributed by atoms with van der Waals surface area (Å²) in [4.78, 5) is 8.46. The van der Waals surface area contributed by atoms with Crippen molar-refractivity contribution in [1.82, 2.24) is 14.5 Å². The summed E-state index contributed by atoms with van der Waals surface area (Å²) >= 11 is 3.39. The van der Waals surface area contributed by atoms with Gasteiger partial charge in [-0.05, 0) is 29.8 Å². The number of pyridine rings is 1. The van der Waals surface area contributed by atoms with Gasteiger partial charge in [0.05, 0.1) is 12.6 Å². The van der Waals surface area contributed by atoms with Gasteiger partial charge in [0.2, 0.25) is 0 Å². The highest BCUT2D eigenvalue weighted by atomic mass is 79.9. The zero-order valence-electron chi connectivity index (χ0n) is 11.2. The minimum absolute atomic E-state index is 0.450. The molecule has 0 bridgehead atoms. The Bertz CT molecular complexity index is 710. The molecule has 1 atom stereocenters. The lowest BCUT2D eigenvalue weighted by atomic mass is 10.1. The van der Waals surface area contributed by atoms with Crippen LogP contribution in [0, 0.1) is 0 Å². The number of benzene rings is 1. The van der Waals surface area contributed by atoms with Crippen molar-refractivity contribution in [2.24, 2.45) is 0 Å². The molecule has 3 aromatic rings. The van der Waals surface area contributed by atoms with E-state index >= 15 is 0 Å². The van der Waals surface area contributed by atoms with E-state index in [9.17, 15) is 5.11 Å². The van der Waals surface area contributed by atoms with E-state index in [1.54, 1.807) is 18.6 Å². The first kappa shape index (κ1) is 14.0. The Morgan fingerprint density at radius 2 is 1.95 bits per heavy atom. The molecule has 0 spiro atoms. The van der Waals surface area contributed by atoms with Crippen molar-refractivity contribution in [3.8, 4) is 11.4 Å². The lowest BCUT2D eigenvalue weighted by molar-refractivity contribution is 0.157. The average Bonchev–Trinajstić information content (AvgIpc) is 2.97. The van der Waals surface area contributed by atoms with Crippen LogP contribution in [0.25, 0.3) is 11.4 Å². The molecule has 3 rings (SSSR count). The summed E-state index contributed by atoms with van der Waals surface area (Å²) in [6, 6.07) is 11.5. The summed E-state index contributed by atoms with van der Waals surface area (Å²) in [5.74, 6) is 0.805. The number of aromatic nitrogens is 3. The van der Waals surface area contributed by atoms with Crippen LogP contribution in [0.5, 0.6) is 0 Å². The van der Waals surface area contributed by atoms with Crippen LogP contribution in [-0.2, 0) is 6.54 Å². The summed E-state index contributed by atoms with van der Waals surface area (Å²) in [5, 5.41) is 10.4. The van der Waals surface area contributed by atoms with Crippen LogP contribution < -0.4 is 0 Å². The number of aliphatic hydroxyl groups is 1. The molecule has 2 heterocycles. The Balaban J connectivity index is 1.83. The fraction of sp³-hybridized carbons (Fsp3) is 0.125. The number of hydrogen-bond donors (Lipinski definition) is 1. The van der Waals surface area contributed by atoms with Gasteiger partial charge >= 0.3 is 0 Å². The summed E-state index contributed by atoms with van der Waals surface area (Å²) < 4.78 is 2.93. The van der Waals surface area contributed by atoms with Crippen LogP contribution in [0.1, 0.15) is 11.7 Å². The van der Waals surface area contributed by atoms with Crippen molar-refractivity contribution in [2.45, 2.75) is 12.6 Å². The van der Waals surface area contributed by atoms with Gasteiger partial charge in [-0.1, -0.05) is 28.1 Å². The molecule has 1 N–H and O–H groups in total. The fourth-order valence-corrected chi connectivity index (χ4v) is 2.45. The Labute approximate surface area is 131 Å². The number of imidazole rings is 1. The first-order valence-corrected chi connectivity index (χ1v) is 7.38. The predicted molar refractivity (Wildman–Crippen MR) is 84.6 cm³/mol. The molecule has 0 aliphatic heterocycles. The van der Waals surface area contributed by atoms with Gasteiger partial charge in [-0.15, -0.1) is 0 Å². The van der Waals surface area contributed by atoms with Gasteiger partial charge in [-0.3, -0.25) is 4.98 Å². The van der Waals surface area contributed by atoms with Gasteiger partial charge in [-0.25, -0.2) is 4.98 Å². The first-order valence-electron chi connectivity index (χ1n) is 6.59. The van der Waals surface area contributed by atoms with E-state index in [2.05, 4.69) is 25.9 Å². The van der Waals surface area contributed by atoms with Crippen molar-refractivity contribution in [1.29, 1.82) is 0 Å². The predicted octanol–water partition coefficient (Wildman–Crippen LogP) is 3.44. The van der Waals surface area contributed by atoms with Crippen molar-refractivity contribution in [3.63, 3.8) is 0 Å². The number of hydrogen-bond acceptors (Lipinski definition) is 3. The topological polar surface area (TPSA) is 50.9 Å². The second-order valence-corrected chi connectivity index (χ2v) is 5.63. The van der Waals surface area contributed by atoms with Crippen molar-refractivity contribution >= 4 is 15.9 Å². The van der Waals surface area contributed by atoms with Crippen LogP contribution in [-0.4, -0.2) is 19.6 Å². The summed E-state index contributed by atoms with van der Waals surface area (Å²) in [6.07, 6.45) is 6.52. The zero-order chi connectivity index (χ0) is 14.7. The largest absolute Gasteiger partial charge is 0.387 e. The molecule has 106 valence electrons. The van der Waals surface area contributed by atoms with Crippen molar-refractivity contribution < 1.29 is 5.11 Å². The van der Waals surface area contributed by atoms with Crippen molar-refractivity contribution in [3.05, 3.63) is 71.2 Å². The number of halogens is 1. The Kier molecular flexibility index (Phi) is 4.13. The molecular weight excluding hydrogens is 330 g/mol. The van der Waals surface area contributed by atoms with Gasteiger partial charge in [0.1, 0.15) is 5.82 Å². The van der Waals surface area contributed by atoms with E-state index in [1.807, 2.05) is 47.2 Å². The van der Waals surface area contributed by atoms with Gasteiger partial charge in [0.25, 0.3) is 0 Å². The van der Waals surface area contributed by atoms with Crippen LogP contribution in [0.3, 0.4) is 0 Å².